The molecule has 1 aliphatic rings. The molecular formula is C18H27N5O3. The molecule has 0 N–H and O–H groups in total. The van der Waals surface area contributed by atoms with Crippen molar-refractivity contribution in [1.29, 1.82) is 0 Å². The third-order valence-electron chi connectivity index (χ3n) is 4.50. The van der Waals surface area contributed by atoms with Crippen LogP contribution >= 0.6 is 0 Å². The lowest BCUT2D eigenvalue weighted by molar-refractivity contribution is -0.0395. The molecule has 2 aromatic rings. The molecule has 0 aliphatic carbocycles. The highest BCUT2D eigenvalue weighted by atomic mass is 16.5. The summed E-state index contributed by atoms with van der Waals surface area (Å²) in [4.78, 5) is 2.33. The van der Waals surface area contributed by atoms with Gasteiger partial charge in [-0.3, -0.25) is 4.90 Å². The molecule has 0 amide bonds. The normalized spacial score (nSPS) is 18.2. The first-order valence-electron chi connectivity index (χ1n) is 8.96. The third-order valence-corrected chi connectivity index (χ3v) is 4.50. The molecule has 26 heavy (non-hydrogen) atoms. The molecule has 1 aliphatic heterocycles. The fraction of sp³-hybridized carbons (Fsp3) is 0.611. The van der Waals surface area contributed by atoms with E-state index in [0.29, 0.717) is 26.4 Å². The molecule has 0 saturated carbocycles. The van der Waals surface area contributed by atoms with E-state index in [4.69, 9.17) is 14.2 Å². The number of aromatic nitrogens is 4. The van der Waals surface area contributed by atoms with Crippen LogP contribution < -0.4 is 4.74 Å². The number of hydrogen-bond acceptors (Lipinski definition) is 7. The monoisotopic (exact) mass is 361 g/mol. The standard InChI is InChI=1S/C18H27N5O3/c1-14-4-5-16(15(2)12-14)25-10-6-22-7-11-26-17(13-22)18-19-20-21-23(18)8-9-24-3/h4-5,12,17H,6-11,13H2,1-3H3. The Balaban J connectivity index is 1.51. The summed E-state index contributed by atoms with van der Waals surface area (Å²) in [7, 11) is 1.67. The van der Waals surface area contributed by atoms with Gasteiger partial charge in [-0.25, -0.2) is 4.68 Å². The first-order chi connectivity index (χ1) is 12.7. The van der Waals surface area contributed by atoms with Gasteiger partial charge in [0.1, 0.15) is 18.5 Å². The number of morpholine rings is 1. The van der Waals surface area contributed by atoms with Gasteiger partial charge in [-0.15, -0.1) is 5.10 Å². The lowest BCUT2D eigenvalue weighted by Gasteiger charge is -2.32. The van der Waals surface area contributed by atoms with Crippen LogP contribution in [0, 0.1) is 13.8 Å². The van der Waals surface area contributed by atoms with E-state index in [2.05, 4.69) is 46.4 Å². The first kappa shape index (κ1) is 18.8. The SMILES string of the molecule is COCCn1nnnc1C1CN(CCOc2ccc(C)cc2C)CCO1. The second-order valence-corrected chi connectivity index (χ2v) is 6.53. The number of nitrogens with zero attached hydrogens (tertiary/aromatic N) is 5. The van der Waals surface area contributed by atoms with E-state index in [1.807, 2.05) is 6.07 Å². The Kier molecular flexibility index (Phi) is 6.54. The van der Waals surface area contributed by atoms with Crippen LogP contribution in [0.25, 0.3) is 0 Å². The Hall–Kier alpha value is -2.03. The molecule has 0 spiro atoms. The van der Waals surface area contributed by atoms with Crippen LogP contribution in [-0.4, -0.2) is 71.7 Å². The molecule has 1 unspecified atom stereocenters. The summed E-state index contributed by atoms with van der Waals surface area (Å²) in [5, 5.41) is 11.9. The van der Waals surface area contributed by atoms with Crippen molar-refractivity contribution in [3.8, 4) is 5.75 Å². The van der Waals surface area contributed by atoms with Gasteiger partial charge in [0.2, 0.25) is 0 Å². The van der Waals surface area contributed by atoms with Crippen molar-refractivity contribution in [1.82, 2.24) is 25.1 Å². The van der Waals surface area contributed by atoms with Crippen molar-refractivity contribution < 1.29 is 14.2 Å². The number of hydrogen-bond donors (Lipinski definition) is 0. The topological polar surface area (TPSA) is 74.5 Å². The molecule has 2 heterocycles. The van der Waals surface area contributed by atoms with Gasteiger partial charge >= 0.3 is 0 Å². The van der Waals surface area contributed by atoms with E-state index in [0.717, 1.165) is 31.2 Å². The molecule has 1 aromatic heterocycles. The highest BCUT2D eigenvalue weighted by Gasteiger charge is 2.26. The van der Waals surface area contributed by atoms with E-state index < -0.39 is 0 Å². The summed E-state index contributed by atoms with van der Waals surface area (Å²) in [6.45, 7) is 9.13. The maximum Gasteiger partial charge on any atom is 0.181 e. The zero-order valence-electron chi connectivity index (χ0n) is 15.7. The number of tetrazole rings is 1. The average molecular weight is 361 g/mol. The van der Waals surface area contributed by atoms with Gasteiger partial charge < -0.3 is 14.2 Å². The summed E-state index contributed by atoms with van der Waals surface area (Å²) >= 11 is 0. The molecule has 8 heteroatoms. The zero-order chi connectivity index (χ0) is 18.4. The largest absolute Gasteiger partial charge is 0.492 e. The Morgan fingerprint density at radius 3 is 2.92 bits per heavy atom. The highest BCUT2D eigenvalue weighted by molar-refractivity contribution is 5.35. The van der Waals surface area contributed by atoms with Crippen molar-refractivity contribution in [3.05, 3.63) is 35.2 Å². The van der Waals surface area contributed by atoms with Gasteiger partial charge in [-0.05, 0) is 35.9 Å². The first-order valence-corrected chi connectivity index (χ1v) is 8.96. The zero-order valence-corrected chi connectivity index (χ0v) is 15.7. The van der Waals surface area contributed by atoms with Gasteiger partial charge in [0.05, 0.1) is 19.8 Å². The highest BCUT2D eigenvalue weighted by Crippen LogP contribution is 2.21. The van der Waals surface area contributed by atoms with Gasteiger partial charge in [0, 0.05) is 26.7 Å². The van der Waals surface area contributed by atoms with Crippen LogP contribution in [0.4, 0.5) is 0 Å². The van der Waals surface area contributed by atoms with Gasteiger partial charge in [-0.2, -0.15) is 0 Å². The summed E-state index contributed by atoms with van der Waals surface area (Å²) in [6, 6.07) is 6.25. The molecule has 8 nitrogen and oxygen atoms in total. The van der Waals surface area contributed by atoms with Gasteiger partial charge in [0.25, 0.3) is 0 Å². The maximum absolute atomic E-state index is 5.95. The molecule has 0 bridgehead atoms. The van der Waals surface area contributed by atoms with Crippen molar-refractivity contribution >= 4 is 0 Å². The quantitative estimate of drug-likeness (QED) is 0.703. The fourth-order valence-electron chi connectivity index (χ4n) is 3.09. The minimum atomic E-state index is -0.128. The van der Waals surface area contributed by atoms with Crippen LogP contribution in [0.3, 0.4) is 0 Å². The van der Waals surface area contributed by atoms with Crippen LogP contribution in [0.2, 0.25) is 0 Å². The second-order valence-electron chi connectivity index (χ2n) is 6.53. The Morgan fingerprint density at radius 2 is 2.12 bits per heavy atom. The number of benzene rings is 1. The van der Waals surface area contributed by atoms with Crippen LogP contribution in [-0.2, 0) is 16.0 Å². The maximum atomic E-state index is 5.95. The summed E-state index contributed by atoms with van der Waals surface area (Å²) in [5.41, 5.74) is 2.42. The van der Waals surface area contributed by atoms with E-state index in [1.54, 1.807) is 11.8 Å². The van der Waals surface area contributed by atoms with Crippen LogP contribution in [0.15, 0.2) is 18.2 Å². The summed E-state index contributed by atoms with van der Waals surface area (Å²) in [5.74, 6) is 1.70. The molecule has 0 radical (unpaired) electrons. The fourth-order valence-corrected chi connectivity index (χ4v) is 3.09. The van der Waals surface area contributed by atoms with E-state index in [9.17, 15) is 0 Å². The lowest BCUT2D eigenvalue weighted by atomic mass is 10.1. The Labute approximate surface area is 154 Å². The number of aryl methyl sites for hydroxylation is 2. The molecule has 1 aromatic carbocycles. The van der Waals surface area contributed by atoms with Crippen LogP contribution in [0.1, 0.15) is 23.1 Å². The summed E-state index contributed by atoms with van der Waals surface area (Å²) in [6.07, 6.45) is -0.128. The van der Waals surface area contributed by atoms with E-state index >= 15 is 0 Å². The smallest absolute Gasteiger partial charge is 0.181 e. The van der Waals surface area contributed by atoms with Crippen molar-refractivity contribution in [2.24, 2.45) is 0 Å². The van der Waals surface area contributed by atoms with Gasteiger partial charge in [-0.1, -0.05) is 17.7 Å². The molecule has 3 rings (SSSR count). The predicted octanol–water partition coefficient (Wildman–Crippen LogP) is 1.39. The predicted molar refractivity (Wildman–Crippen MR) is 96.2 cm³/mol. The van der Waals surface area contributed by atoms with E-state index in [-0.39, 0.29) is 6.10 Å². The Morgan fingerprint density at radius 1 is 1.23 bits per heavy atom. The number of ether oxygens (including phenoxy) is 3. The lowest BCUT2D eigenvalue weighted by Crippen LogP contribution is -2.41. The number of methoxy groups -OCH3 is 1. The molecule has 1 atom stereocenters. The number of rotatable bonds is 8. The molecule has 1 saturated heterocycles. The minimum Gasteiger partial charge on any atom is -0.492 e. The minimum absolute atomic E-state index is 0.128. The molecule has 1 fully saturated rings. The van der Waals surface area contributed by atoms with Crippen molar-refractivity contribution in [2.75, 3.05) is 46.6 Å². The van der Waals surface area contributed by atoms with E-state index in [1.165, 1.54) is 11.1 Å². The van der Waals surface area contributed by atoms with Crippen LogP contribution in [0.5, 0.6) is 5.75 Å². The Bertz CT molecular complexity index is 706. The average Bonchev–Trinajstić information content (AvgIpc) is 3.10. The third kappa shape index (κ3) is 4.78. The second kappa shape index (κ2) is 9.07. The van der Waals surface area contributed by atoms with Crippen molar-refractivity contribution in [2.45, 2.75) is 26.5 Å². The van der Waals surface area contributed by atoms with Gasteiger partial charge in [0.15, 0.2) is 5.82 Å². The molecular weight excluding hydrogens is 334 g/mol. The summed E-state index contributed by atoms with van der Waals surface area (Å²) < 4.78 is 18.7. The van der Waals surface area contributed by atoms with Crippen molar-refractivity contribution in [3.63, 3.8) is 0 Å². The molecule has 142 valence electrons.